The summed E-state index contributed by atoms with van der Waals surface area (Å²) in [5.41, 5.74) is 2.05. The average Bonchev–Trinajstić information content (AvgIpc) is 2.45. The Bertz CT molecular complexity index is 582. The van der Waals surface area contributed by atoms with Gasteiger partial charge in [0.15, 0.2) is 0 Å². The number of anilines is 1. The van der Waals surface area contributed by atoms with Gasteiger partial charge in [0.25, 0.3) is 0 Å². The molecule has 0 radical (unpaired) electrons. The first kappa shape index (κ1) is 15.0. The smallest absolute Gasteiger partial charge is 0.133 e. The standard InChI is InChI=1S/C16H20BrN3/c1-4-9-18-15-10-14(19-16(20-15)11(2)3)12-7-5-6-8-13(12)17/h5-8,10-11H,4,9H2,1-3H3,(H,18,19,20). The molecule has 106 valence electrons. The van der Waals surface area contributed by atoms with Gasteiger partial charge in [0.05, 0.1) is 5.69 Å². The lowest BCUT2D eigenvalue weighted by molar-refractivity contribution is 0.775. The molecular formula is C16H20BrN3. The van der Waals surface area contributed by atoms with Gasteiger partial charge in [-0.15, -0.1) is 0 Å². The van der Waals surface area contributed by atoms with Crippen LogP contribution in [-0.4, -0.2) is 16.5 Å². The van der Waals surface area contributed by atoms with Crippen molar-refractivity contribution in [2.75, 3.05) is 11.9 Å². The van der Waals surface area contributed by atoms with Crippen molar-refractivity contribution in [2.24, 2.45) is 0 Å². The lowest BCUT2D eigenvalue weighted by Gasteiger charge is -2.12. The van der Waals surface area contributed by atoms with Crippen LogP contribution in [0.4, 0.5) is 5.82 Å². The van der Waals surface area contributed by atoms with Crippen molar-refractivity contribution in [3.05, 3.63) is 40.6 Å². The summed E-state index contributed by atoms with van der Waals surface area (Å²) in [6.07, 6.45) is 1.07. The normalized spacial score (nSPS) is 10.8. The highest BCUT2D eigenvalue weighted by molar-refractivity contribution is 9.10. The number of hydrogen-bond donors (Lipinski definition) is 1. The first-order chi connectivity index (χ1) is 9.61. The van der Waals surface area contributed by atoms with Crippen LogP contribution in [0.25, 0.3) is 11.3 Å². The predicted octanol–water partition coefficient (Wildman–Crippen LogP) is 4.85. The second-order valence-corrected chi connectivity index (χ2v) is 5.91. The van der Waals surface area contributed by atoms with Gasteiger partial charge in [-0.3, -0.25) is 0 Å². The van der Waals surface area contributed by atoms with Gasteiger partial charge >= 0.3 is 0 Å². The Labute approximate surface area is 129 Å². The van der Waals surface area contributed by atoms with E-state index in [1.165, 1.54) is 0 Å². The quantitative estimate of drug-likeness (QED) is 0.849. The van der Waals surface area contributed by atoms with Gasteiger partial charge < -0.3 is 5.32 Å². The summed E-state index contributed by atoms with van der Waals surface area (Å²) in [6.45, 7) is 7.29. The van der Waals surface area contributed by atoms with E-state index in [4.69, 9.17) is 4.98 Å². The number of hydrogen-bond acceptors (Lipinski definition) is 3. The van der Waals surface area contributed by atoms with E-state index in [1.54, 1.807) is 0 Å². The van der Waals surface area contributed by atoms with E-state index < -0.39 is 0 Å². The van der Waals surface area contributed by atoms with Gasteiger partial charge in [-0.05, 0) is 12.5 Å². The fourth-order valence-electron chi connectivity index (χ4n) is 1.87. The lowest BCUT2D eigenvalue weighted by Crippen LogP contribution is -2.07. The maximum atomic E-state index is 4.69. The largest absolute Gasteiger partial charge is 0.370 e. The molecule has 3 nitrogen and oxygen atoms in total. The van der Waals surface area contributed by atoms with Crippen LogP contribution >= 0.6 is 15.9 Å². The maximum absolute atomic E-state index is 4.69. The fraction of sp³-hybridized carbons (Fsp3) is 0.375. The maximum Gasteiger partial charge on any atom is 0.133 e. The summed E-state index contributed by atoms with van der Waals surface area (Å²) in [5, 5.41) is 3.35. The first-order valence-corrected chi connectivity index (χ1v) is 7.79. The summed E-state index contributed by atoms with van der Waals surface area (Å²) in [7, 11) is 0. The molecule has 0 spiro atoms. The summed E-state index contributed by atoms with van der Waals surface area (Å²) in [6, 6.07) is 10.2. The molecule has 2 aromatic rings. The van der Waals surface area contributed by atoms with Crippen LogP contribution in [0.2, 0.25) is 0 Å². The van der Waals surface area contributed by atoms with Gasteiger partial charge in [-0.25, -0.2) is 9.97 Å². The Morgan fingerprint density at radius 1 is 1.20 bits per heavy atom. The van der Waals surface area contributed by atoms with Gasteiger partial charge in [0.2, 0.25) is 0 Å². The molecule has 1 N–H and O–H groups in total. The summed E-state index contributed by atoms with van der Waals surface area (Å²) in [4.78, 5) is 9.28. The van der Waals surface area contributed by atoms with Crippen molar-refractivity contribution in [1.29, 1.82) is 0 Å². The first-order valence-electron chi connectivity index (χ1n) is 6.99. The average molecular weight is 334 g/mol. The van der Waals surface area contributed by atoms with Crippen LogP contribution in [0, 0.1) is 0 Å². The van der Waals surface area contributed by atoms with E-state index in [0.29, 0.717) is 5.92 Å². The second kappa shape index (κ2) is 6.84. The fourth-order valence-corrected chi connectivity index (χ4v) is 2.36. The van der Waals surface area contributed by atoms with Crippen LogP contribution in [-0.2, 0) is 0 Å². The van der Waals surface area contributed by atoms with Crippen LogP contribution in [0.15, 0.2) is 34.8 Å². The molecule has 4 heteroatoms. The third kappa shape index (κ3) is 3.57. The topological polar surface area (TPSA) is 37.8 Å². The SMILES string of the molecule is CCCNc1cc(-c2ccccc2Br)nc(C(C)C)n1. The molecule has 0 unspecified atom stereocenters. The Morgan fingerprint density at radius 3 is 2.60 bits per heavy atom. The van der Waals surface area contributed by atoms with Crippen LogP contribution < -0.4 is 5.32 Å². The minimum Gasteiger partial charge on any atom is -0.370 e. The highest BCUT2D eigenvalue weighted by Gasteiger charge is 2.11. The molecule has 0 saturated carbocycles. The van der Waals surface area contributed by atoms with Crippen molar-refractivity contribution in [2.45, 2.75) is 33.1 Å². The minimum atomic E-state index is 0.305. The number of benzene rings is 1. The highest BCUT2D eigenvalue weighted by Crippen LogP contribution is 2.28. The van der Waals surface area contributed by atoms with Gasteiger partial charge in [0.1, 0.15) is 11.6 Å². The van der Waals surface area contributed by atoms with E-state index >= 15 is 0 Å². The molecule has 0 fully saturated rings. The molecular weight excluding hydrogens is 314 g/mol. The molecule has 0 amide bonds. The van der Waals surface area contributed by atoms with Gasteiger partial charge in [-0.1, -0.05) is 54.9 Å². The molecule has 0 bridgehead atoms. The Kier molecular flexibility index (Phi) is 5.12. The molecule has 0 atom stereocenters. The molecule has 1 aromatic carbocycles. The van der Waals surface area contributed by atoms with Crippen molar-refractivity contribution in [3.8, 4) is 11.3 Å². The summed E-state index contributed by atoms with van der Waals surface area (Å²) in [5.74, 6) is 2.08. The number of aromatic nitrogens is 2. The van der Waals surface area contributed by atoms with Crippen LogP contribution in [0.3, 0.4) is 0 Å². The minimum absolute atomic E-state index is 0.305. The number of halogens is 1. The van der Waals surface area contributed by atoms with Crippen molar-refractivity contribution < 1.29 is 0 Å². The second-order valence-electron chi connectivity index (χ2n) is 5.06. The molecule has 0 saturated heterocycles. The Morgan fingerprint density at radius 2 is 1.95 bits per heavy atom. The number of nitrogens with zero attached hydrogens (tertiary/aromatic N) is 2. The number of nitrogens with one attached hydrogen (secondary N) is 1. The van der Waals surface area contributed by atoms with E-state index in [1.807, 2.05) is 24.3 Å². The monoisotopic (exact) mass is 333 g/mol. The Balaban J connectivity index is 2.46. The van der Waals surface area contributed by atoms with Crippen LogP contribution in [0.5, 0.6) is 0 Å². The van der Waals surface area contributed by atoms with E-state index in [2.05, 4.69) is 53.1 Å². The molecule has 0 aliphatic carbocycles. The Hall–Kier alpha value is -1.42. The number of rotatable bonds is 5. The molecule has 0 aliphatic heterocycles. The van der Waals surface area contributed by atoms with Crippen LogP contribution in [0.1, 0.15) is 38.9 Å². The van der Waals surface area contributed by atoms with E-state index in [9.17, 15) is 0 Å². The summed E-state index contributed by atoms with van der Waals surface area (Å²) >= 11 is 3.59. The van der Waals surface area contributed by atoms with Gasteiger partial charge in [-0.2, -0.15) is 0 Å². The molecule has 0 aliphatic rings. The zero-order chi connectivity index (χ0) is 14.5. The van der Waals surface area contributed by atoms with Crippen molar-refractivity contribution in [1.82, 2.24) is 9.97 Å². The zero-order valence-corrected chi connectivity index (χ0v) is 13.7. The third-order valence-electron chi connectivity index (χ3n) is 2.97. The predicted molar refractivity (Wildman–Crippen MR) is 88.0 cm³/mol. The third-order valence-corrected chi connectivity index (χ3v) is 3.66. The molecule has 20 heavy (non-hydrogen) atoms. The highest BCUT2D eigenvalue weighted by atomic mass is 79.9. The molecule has 2 rings (SSSR count). The molecule has 1 aromatic heterocycles. The summed E-state index contributed by atoms with van der Waals surface area (Å²) < 4.78 is 1.05. The lowest BCUT2D eigenvalue weighted by atomic mass is 10.1. The van der Waals surface area contributed by atoms with Crippen molar-refractivity contribution in [3.63, 3.8) is 0 Å². The van der Waals surface area contributed by atoms with Crippen molar-refractivity contribution >= 4 is 21.7 Å². The van der Waals surface area contributed by atoms with E-state index in [0.717, 1.165) is 40.3 Å². The van der Waals surface area contributed by atoms with Gasteiger partial charge in [0, 0.05) is 28.6 Å². The molecule has 1 heterocycles. The zero-order valence-electron chi connectivity index (χ0n) is 12.2. The van der Waals surface area contributed by atoms with E-state index in [-0.39, 0.29) is 0 Å².